The van der Waals surface area contributed by atoms with Crippen LogP contribution >= 0.6 is 0 Å². The van der Waals surface area contributed by atoms with Crippen LogP contribution in [-0.2, 0) is 17.9 Å². The zero-order valence-electron chi connectivity index (χ0n) is 16.0. The van der Waals surface area contributed by atoms with E-state index in [4.69, 9.17) is 14.2 Å². The predicted molar refractivity (Wildman–Crippen MR) is 102 cm³/mol. The number of carbonyl (C=O) groups excluding carboxylic acids is 1. The quantitative estimate of drug-likeness (QED) is 0.637. The molecule has 0 atom stereocenters. The third kappa shape index (κ3) is 5.49. The summed E-state index contributed by atoms with van der Waals surface area (Å²) in [6.45, 7) is 7.52. The molecule has 2 rings (SSSR count). The van der Waals surface area contributed by atoms with Crippen molar-refractivity contribution in [2.75, 3.05) is 27.3 Å². The van der Waals surface area contributed by atoms with Crippen molar-refractivity contribution in [2.24, 2.45) is 0 Å². The average Bonchev–Trinajstić information content (AvgIpc) is 2.70. The van der Waals surface area contributed by atoms with E-state index in [1.807, 2.05) is 12.1 Å². The van der Waals surface area contributed by atoms with Crippen molar-refractivity contribution in [3.8, 4) is 11.5 Å². The van der Waals surface area contributed by atoms with Gasteiger partial charge in [0.2, 0.25) is 0 Å². The maximum Gasteiger partial charge on any atom is 0.338 e. The fraction of sp³-hybridized carbons (Fsp3) is 0.381. The van der Waals surface area contributed by atoms with Gasteiger partial charge in [-0.3, -0.25) is 4.90 Å². The van der Waals surface area contributed by atoms with E-state index in [-0.39, 0.29) is 6.61 Å². The first-order chi connectivity index (χ1) is 12.6. The highest BCUT2D eigenvalue weighted by molar-refractivity contribution is 5.90. The zero-order valence-corrected chi connectivity index (χ0v) is 16.0. The molecule has 0 spiro atoms. The van der Waals surface area contributed by atoms with Crippen molar-refractivity contribution in [2.45, 2.75) is 27.0 Å². The Kier molecular flexibility index (Phi) is 7.48. The number of benzene rings is 2. The van der Waals surface area contributed by atoms with Crippen molar-refractivity contribution < 1.29 is 19.0 Å². The molecule has 0 saturated carbocycles. The van der Waals surface area contributed by atoms with Gasteiger partial charge in [0.15, 0.2) is 0 Å². The van der Waals surface area contributed by atoms with Crippen molar-refractivity contribution in [3.63, 3.8) is 0 Å². The van der Waals surface area contributed by atoms with Gasteiger partial charge in [0.25, 0.3) is 0 Å². The molecule has 5 heteroatoms. The van der Waals surface area contributed by atoms with E-state index in [1.165, 1.54) is 5.56 Å². The van der Waals surface area contributed by atoms with Gasteiger partial charge in [-0.05, 0) is 36.3 Å². The number of esters is 1. The van der Waals surface area contributed by atoms with Crippen molar-refractivity contribution >= 4 is 5.97 Å². The fourth-order valence-corrected chi connectivity index (χ4v) is 2.60. The van der Waals surface area contributed by atoms with E-state index in [9.17, 15) is 4.79 Å². The van der Waals surface area contributed by atoms with Gasteiger partial charge in [-0.1, -0.05) is 38.1 Å². The molecule has 0 bridgehead atoms. The molecule has 140 valence electrons. The van der Waals surface area contributed by atoms with E-state index in [0.29, 0.717) is 17.1 Å². The summed E-state index contributed by atoms with van der Waals surface area (Å²) in [4.78, 5) is 14.7. The van der Waals surface area contributed by atoms with Gasteiger partial charge in [-0.25, -0.2) is 4.79 Å². The minimum absolute atomic E-state index is 0.226. The first-order valence-corrected chi connectivity index (χ1v) is 8.80. The lowest BCUT2D eigenvalue weighted by Crippen LogP contribution is -2.22. The van der Waals surface area contributed by atoms with Gasteiger partial charge in [0.1, 0.15) is 18.1 Å². The first-order valence-electron chi connectivity index (χ1n) is 8.80. The van der Waals surface area contributed by atoms with Crippen LogP contribution in [0, 0.1) is 0 Å². The van der Waals surface area contributed by atoms with Crippen LogP contribution in [0.1, 0.15) is 35.3 Å². The van der Waals surface area contributed by atoms with Gasteiger partial charge in [-0.2, -0.15) is 0 Å². The first kappa shape index (κ1) is 19.8. The second-order valence-corrected chi connectivity index (χ2v) is 5.96. The molecule has 0 aliphatic heterocycles. The van der Waals surface area contributed by atoms with Gasteiger partial charge < -0.3 is 14.2 Å². The molecule has 0 unspecified atom stereocenters. The summed E-state index contributed by atoms with van der Waals surface area (Å²) in [6.07, 6.45) is 0. The Labute approximate surface area is 155 Å². The molecular formula is C21H27NO4. The monoisotopic (exact) mass is 357 g/mol. The summed E-state index contributed by atoms with van der Waals surface area (Å²) < 4.78 is 15.8. The van der Waals surface area contributed by atoms with Crippen LogP contribution in [-0.4, -0.2) is 38.2 Å². The number of nitrogens with zero attached hydrogens (tertiary/aromatic N) is 1. The van der Waals surface area contributed by atoms with Crippen LogP contribution in [0.5, 0.6) is 11.5 Å². The Balaban J connectivity index is 1.97. The Morgan fingerprint density at radius 2 is 1.42 bits per heavy atom. The second-order valence-electron chi connectivity index (χ2n) is 5.96. The number of hydrogen-bond acceptors (Lipinski definition) is 5. The molecule has 0 heterocycles. The average molecular weight is 357 g/mol. The summed E-state index contributed by atoms with van der Waals surface area (Å²) in [5.74, 6) is 0.698. The molecule has 5 nitrogen and oxygen atoms in total. The summed E-state index contributed by atoms with van der Waals surface area (Å²) in [5.41, 5.74) is 2.61. The Bertz CT molecular complexity index is 686. The van der Waals surface area contributed by atoms with Gasteiger partial charge >= 0.3 is 5.97 Å². The lowest BCUT2D eigenvalue weighted by atomic mass is 10.1. The van der Waals surface area contributed by atoms with Crippen LogP contribution in [0.4, 0.5) is 0 Å². The van der Waals surface area contributed by atoms with Crippen LogP contribution in [0.15, 0.2) is 42.5 Å². The van der Waals surface area contributed by atoms with Crippen LogP contribution in [0.25, 0.3) is 0 Å². The van der Waals surface area contributed by atoms with Crippen LogP contribution < -0.4 is 9.47 Å². The van der Waals surface area contributed by atoms with Crippen LogP contribution in [0.3, 0.4) is 0 Å². The molecule has 26 heavy (non-hydrogen) atoms. The van der Waals surface area contributed by atoms with Crippen molar-refractivity contribution in [3.05, 3.63) is 59.2 Å². The highest BCUT2D eigenvalue weighted by atomic mass is 16.5. The van der Waals surface area contributed by atoms with Crippen LogP contribution in [0.2, 0.25) is 0 Å². The third-order valence-corrected chi connectivity index (χ3v) is 4.28. The standard InChI is InChI=1S/C21H27NO4/c1-5-22(6-2)14-16-7-9-17(10-8-16)15-26-21(23)18-11-19(24-3)13-20(12-18)25-4/h7-13H,5-6,14-15H2,1-4H3. The molecule has 0 aliphatic rings. The number of carbonyl (C=O) groups is 1. The number of hydrogen-bond donors (Lipinski definition) is 0. The van der Waals surface area contributed by atoms with Gasteiger partial charge in [0.05, 0.1) is 19.8 Å². The van der Waals surface area contributed by atoms with E-state index < -0.39 is 5.97 Å². The smallest absolute Gasteiger partial charge is 0.338 e. The van der Waals surface area contributed by atoms with Gasteiger partial charge in [-0.15, -0.1) is 0 Å². The maximum atomic E-state index is 12.3. The molecule has 2 aromatic rings. The number of rotatable bonds is 9. The largest absolute Gasteiger partial charge is 0.497 e. The molecule has 2 aromatic carbocycles. The minimum Gasteiger partial charge on any atom is -0.497 e. The van der Waals surface area contributed by atoms with Crippen molar-refractivity contribution in [1.29, 1.82) is 0 Å². The number of methoxy groups -OCH3 is 2. The van der Waals surface area contributed by atoms with Gasteiger partial charge in [0, 0.05) is 12.6 Å². The molecule has 0 N–H and O–H groups in total. The molecule has 0 amide bonds. The molecule has 0 fully saturated rings. The highest BCUT2D eigenvalue weighted by Gasteiger charge is 2.11. The van der Waals surface area contributed by atoms with Crippen molar-refractivity contribution in [1.82, 2.24) is 4.90 Å². The fourth-order valence-electron chi connectivity index (χ4n) is 2.60. The zero-order chi connectivity index (χ0) is 18.9. The molecular weight excluding hydrogens is 330 g/mol. The summed E-state index contributed by atoms with van der Waals surface area (Å²) in [5, 5.41) is 0. The lowest BCUT2D eigenvalue weighted by molar-refractivity contribution is 0.0472. The normalized spacial score (nSPS) is 10.7. The second kappa shape index (κ2) is 9.82. The summed E-state index contributed by atoms with van der Waals surface area (Å²) in [7, 11) is 3.09. The van der Waals surface area contributed by atoms with E-state index in [2.05, 4.69) is 30.9 Å². The van der Waals surface area contributed by atoms with E-state index in [1.54, 1.807) is 32.4 Å². The summed E-state index contributed by atoms with van der Waals surface area (Å²) in [6, 6.07) is 13.1. The molecule has 0 aliphatic carbocycles. The topological polar surface area (TPSA) is 48.0 Å². The molecule has 0 radical (unpaired) electrons. The number of ether oxygens (including phenoxy) is 3. The molecule has 0 saturated heterocycles. The lowest BCUT2D eigenvalue weighted by Gasteiger charge is -2.18. The van der Waals surface area contributed by atoms with E-state index >= 15 is 0 Å². The Morgan fingerprint density at radius 1 is 0.885 bits per heavy atom. The minimum atomic E-state index is -0.408. The summed E-state index contributed by atoms with van der Waals surface area (Å²) >= 11 is 0. The Hall–Kier alpha value is -2.53. The third-order valence-electron chi connectivity index (χ3n) is 4.28. The van der Waals surface area contributed by atoms with E-state index in [0.717, 1.165) is 25.2 Å². The SMILES string of the molecule is CCN(CC)Cc1ccc(COC(=O)c2cc(OC)cc(OC)c2)cc1. The molecule has 0 aromatic heterocycles. The maximum absolute atomic E-state index is 12.3. The predicted octanol–water partition coefficient (Wildman–Crippen LogP) is 3.90. The highest BCUT2D eigenvalue weighted by Crippen LogP contribution is 2.23. The Morgan fingerprint density at radius 3 is 1.92 bits per heavy atom.